The molecule has 0 fully saturated rings. The first-order chi connectivity index (χ1) is 11.7. The Morgan fingerprint density at radius 2 is 1.04 bits per heavy atom. The first-order valence-corrected chi connectivity index (χ1v) is 6.76. The number of halogens is 13. The van der Waals surface area contributed by atoms with Crippen LogP contribution in [0.2, 0.25) is 0 Å². The van der Waals surface area contributed by atoms with E-state index in [0.29, 0.717) is 0 Å². The SMILES string of the molecule is O=CC(O)CC(CC(CC(F)(C(F)(F)F)C(F)(F)F)C(F)(F)F)C(F)(F)F. The number of aliphatic hydroxyl groups is 1. The molecule has 0 rings (SSSR count). The number of carbonyl (C=O) groups is 1. The highest BCUT2D eigenvalue weighted by molar-refractivity contribution is 5.55. The third-order valence-electron chi connectivity index (χ3n) is 3.60. The lowest BCUT2D eigenvalue weighted by Gasteiger charge is -2.35. The first-order valence-electron chi connectivity index (χ1n) is 6.76. The third-order valence-corrected chi connectivity index (χ3v) is 3.60. The van der Waals surface area contributed by atoms with Gasteiger partial charge in [0.05, 0.1) is 11.8 Å². The molecule has 15 heteroatoms. The van der Waals surface area contributed by atoms with E-state index in [0.717, 1.165) is 0 Å². The van der Waals surface area contributed by atoms with Crippen molar-refractivity contribution in [1.29, 1.82) is 0 Å². The van der Waals surface area contributed by atoms with Crippen molar-refractivity contribution in [3.63, 3.8) is 0 Å². The quantitative estimate of drug-likeness (QED) is 0.457. The highest BCUT2D eigenvalue weighted by Gasteiger charge is 2.74. The van der Waals surface area contributed by atoms with Crippen LogP contribution in [0, 0.1) is 11.8 Å². The van der Waals surface area contributed by atoms with Crippen molar-refractivity contribution in [3.05, 3.63) is 0 Å². The molecule has 3 unspecified atom stereocenters. The van der Waals surface area contributed by atoms with Gasteiger partial charge in [-0.1, -0.05) is 0 Å². The Bertz CT molecular complexity index is 473. The summed E-state index contributed by atoms with van der Waals surface area (Å²) in [6.07, 6.45) is -36.1. The highest BCUT2D eigenvalue weighted by Crippen LogP contribution is 2.53. The minimum Gasteiger partial charge on any atom is -0.386 e. The van der Waals surface area contributed by atoms with Gasteiger partial charge in [0, 0.05) is 6.42 Å². The van der Waals surface area contributed by atoms with E-state index in [-0.39, 0.29) is 0 Å². The van der Waals surface area contributed by atoms with Crippen molar-refractivity contribution in [2.24, 2.45) is 11.8 Å². The van der Waals surface area contributed by atoms with Crippen molar-refractivity contribution in [3.8, 4) is 0 Å². The van der Waals surface area contributed by atoms with E-state index in [4.69, 9.17) is 5.11 Å². The van der Waals surface area contributed by atoms with Crippen molar-refractivity contribution in [1.82, 2.24) is 0 Å². The smallest absolute Gasteiger partial charge is 0.386 e. The van der Waals surface area contributed by atoms with E-state index in [2.05, 4.69) is 0 Å². The van der Waals surface area contributed by atoms with Crippen LogP contribution in [0.15, 0.2) is 0 Å². The lowest BCUT2D eigenvalue weighted by atomic mass is 9.82. The predicted octanol–water partition coefficient (Wildman–Crippen LogP) is 4.91. The molecule has 0 radical (unpaired) electrons. The fourth-order valence-corrected chi connectivity index (χ4v) is 2.12. The Kier molecular flexibility index (Phi) is 7.61. The fraction of sp³-hybridized carbons (Fsp3) is 0.917. The second kappa shape index (κ2) is 7.99. The average molecular weight is 434 g/mol. The number of alkyl halides is 13. The van der Waals surface area contributed by atoms with Gasteiger partial charge in [-0.3, -0.25) is 0 Å². The van der Waals surface area contributed by atoms with Crippen LogP contribution in [0.5, 0.6) is 0 Å². The van der Waals surface area contributed by atoms with Crippen LogP contribution >= 0.6 is 0 Å². The second-order valence-electron chi connectivity index (χ2n) is 5.65. The minimum absolute atomic E-state index is 0.522. The zero-order chi connectivity index (χ0) is 22.1. The van der Waals surface area contributed by atoms with Crippen LogP contribution in [0.25, 0.3) is 0 Å². The summed E-state index contributed by atoms with van der Waals surface area (Å²) < 4.78 is 165. The second-order valence-corrected chi connectivity index (χ2v) is 5.65. The number of carbonyl (C=O) groups excluding carboxylic acids is 1. The summed E-state index contributed by atoms with van der Waals surface area (Å²) in [5.41, 5.74) is -6.42. The summed E-state index contributed by atoms with van der Waals surface area (Å²) in [6, 6.07) is 0. The maximum absolute atomic E-state index is 13.5. The van der Waals surface area contributed by atoms with Crippen LogP contribution in [-0.2, 0) is 4.79 Å². The lowest BCUT2D eigenvalue weighted by molar-refractivity contribution is -0.353. The zero-order valence-electron chi connectivity index (χ0n) is 12.7. The molecular formula is C12H11F13O2. The molecule has 1 N–H and O–H groups in total. The fourth-order valence-electron chi connectivity index (χ4n) is 2.12. The molecule has 0 saturated heterocycles. The van der Waals surface area contributed by atoms with Gasteiger partial charge in [0.1, 0.15) is 12.4 Å². The highest BCUT2D eigenvalue weighted by atomic mass is 19.4. The van der Waals surface area contributed by atoms with Crippen LogP contribution in [0.4, 0.5) is 57.1 Å². The molecule has 0 aliphatic heterocycles. The molecule has 0 aromatic carbocycles. The van der Waals surface area contributed by atoms with E-state index >= 15 is 0 Å². The Labute approximate surface area is 142 Å². The van der Waals surface area contributed by atoms with E-state index < -0.39 is 73.9 Å². The van der Waals surface area contributed by atoms with Crippen LogP contribution < -0.4 is 0 Å². The number of hydrogen-bond acceptors (Lipinski definition) is 2. The Morgan fingerprint density at radius 1 is 0.667 bits per heavy atom. The van der Waals surface area contributed by atoms with Gasteiger partial charge in [-0.2, -0.15) is 52.7 Å². The normalized spacial score (nSPS) is 18.1. The van der Waals surface area contributed by atoms with Gasteiger partial charge in [0.15, 0.2) is 0 Å². The molecule has 0 heterocycles. The van der Waals surface area contributed by atoms with E-state index in [1.165, 1.54) is 0 Å². The van der Waals surface area contributed by atoms with Crippen LogP contribution in [0.1, 0.15) is 19.3 Å². The van der Waals surface area contributed by atoms with Crippen molar-refractivity contribution < 1.29 is 67.0 Å². The molecule has 0 amide bonds. The maximum Gasteiger partial charge on any atom is 0.431 e. The van der Waals surface area contributed by atoms with Gasteiger partial charge in [-0.05, 0) is 12.8 Å². The number of aliphatic hydroxyl groups excluding tert-OH is 1. The number of aldehydes is 1. The summed E-state index contributed by atoms with van der Waals surface area (Å²) in [5.74, 6) is -7.33. The minimum atomic E-state index is -6.88. The molecule has 0 aromatic rings. The third kappa shape index (κ3) is 6.68. The van der Waals surface area contributed by atoms with E-state index in [1.54, 1.807) is 0 Å². The molecule has 0 aromatic heterocycles. The molecule has 2 nitrogen and oxygen atoms in total. The molecule has 3 atom stereocenters. The van der Waals surface area contributed by atoms with Gasteiger partial charge >= 0.3 is 24.7 Å². The lowest BCUT2D eigenvalue weighted by Crippen LogP contribution is -2.55. The summed E-state index contributed by atoms with van der Waals surface area (Å²) in [5, 5.41) is 8.82. The topological polar surface area (TPSA) is 37.3 Å². The molecule has 0 saturated carbocycles. The summed E-state index contributed by atoms with van der Waals surface area (Å²) in [4.78, 5) is 10.1. The maximum atomic E-state index is 13.5. The molecule has 0 spiro atoms. The molecule has 0 aliphatic rings. The van der Waals surface area contributed by atoms with Gasteiger partial charge in [-0.15, -0.1) is 0 Å². The van der Waals surface area contributed by atoms with Gasteiger partial charge in [-0.25, -0.2) is 4.39 Å². The van der Waals surface area contributed by atoms with E-state index in [9.17, 15) is 61.9 Å². The summed E-state index contributed by atoms with van der Waals surface area (Å²) in [6.45, 7) is 0. The van der Waals surface area contributed by atoms with Crippen LogP contribution in [0.3, 0.4) is 0 Å². The first kappa shape index (κ1) is 25.7. The Balaban J connectivity index is 5.96. The average Bonchev–Trinajstić information content (AvgIpc) is 2.40. The van der Waals surface area contributed by atoms with Crippen molar-refractivity contribution in [2.45, 2.75) is 55.7 Å². The van der Waals surface area contributed by atoms with Gasteiger partial charge < -0.3 is 9.90 Å². The Morgan fingerprint density at radius 3 is 1.30 bits per heavy atom. The number of rotatable bonds is 7. The summed E-state index contributed by atoms with van der Waals surface area (Å²) in [7, 11) is 0. The number of hydrogen-bond donors (Lipinski definition) is 1. The van der Waals surface area contributed by atoms with Crippen molar-refractivity contribution in [2.75, 3.05) is 0 Å². The van der Waals surface area contributed by atoms with Crippen LogP contribution in [-0.4, -0.2) is 47.9 Å². The monoisotopic (exact) mass is 434 g/mol. The largest absolute Gasteiger partial charge is 0.431 e. The standard InChI is InChI=1S/C12H11F13O2/c13-8(11(20,21)22,12(23,24)25)3-6(10(17,18)19)1-5(9(14,15)16)2-7(27)4-26/h4-7,27H,1-3H2. The molecule has 0 aliphatic carbocycles. The van der Waals surface area contributed by atoms with Gasteiger partial charge in [0.2, 0.25) is 0 Å². The molecule has 0 bridgehead atoms. The van der Waals surface area contributed by atoms with Crippen molar-refractivity contribution >= 4 is 6.29 Å². The molecular weight excluding hydrogens is 423 g/mol. The van der Waals surface area contributed by atoms with Gasteiger partial charge in [0.25, 0.3) is 5.67 Å². The summed E-state index contributed by atoms with van der Waals surface area (Å²) >= 11 is 0. The zero-order valence-corrected chi connectivity index (χ0v) is 12.7. The van der Waals surface area contributed by atoms with E-state index in [1.807, 2.05) is 0 Å². The Hall–Kier alpha value is -1.28. The molecule has 162 valence electrons. The molecule has 27 heavy (non-hydrogen) atoms. The predicted molar refractivity (Wildman–Crippen MR) is 61.0 cm³/mol.